The van der Waals surface area contributed by atoms with E-state index < -0.39 is 23.9 Å². The Bertz CT molecular complexity index is 2890. The number of hydrogen-bond acceptors (Lipinski definition) is 19. The predicted octanol–water partition coefficient (Wildman–Crippen LogP) is 14.6. The Hall–Kier alpha value is -8.35. The molecule has 0 amide bonds. The van der Waals surface area contributed by atoms with E-state index in [2.05, 4.69) is 13.8 Å². The molecule has 0 saturated heterocycles. The van der Waals surface area contributed by atoms with E-state index in [1.54, 1.807) is 63.8 Å². The van der Waals surface area contributed by atoms with Crippen molar-refractivity contribution < 1.29 is 90.3 Å². The van der Waals surface area contributed by atoms with E-state index in [1.165, 1.54) is 39.6 Å². The van der Waals surface area contributed by atoms with E-state index >= 15 is 0 Å². The molecule has 0 radical (unpaired) electrons. The Morgan fingerprint density at radius 1 is 0.435 bits per heavy atom. The first-order valence-corrected chi connectivity index (χ1v) is 32.2. The maximum atomic E-state index is 13.9. The summed E-state index contributed by atoms with van der Waals surface area (Å²) in [6, 6.07) is 14.3. The van der Waals surface area contributed by atoms with Crippen LogP contribution in [0.25, 0.3) is 12.2 Å². The molecular weight excluding hydrogens is 1180 g/mol. The van der Waals surface area contributed by atoms with Gasteiger partial charge in [0.2, 0.25) is 5.75 Å². The maximum Gasteiger partial charge on any atom is 0.338 e. The monoisotopic (exact) mass is 1280 g/mol. The highest BCUT2D eigenvalue weighted by Gasteiger charge is 2.65. The van der Waals surface area contributed by atoms with Crippen LogP contribution in [-0.4, -0.2) is 125 Å². The van der Waals surface area contributed by atoms with Crippen LogP contribution in [0.2, 0.25) is 0 Å². The number of ether oxygens (including phenoxy) is 14. The van der Waals surface area contributed by atoms with Gasteiger partial charge in [-0.25, -0.2) is 19.2 Å². The molecule has 0 spiro atoms. The van der Waals surface area contributed by atoms with Crippen molar-refractivity contribution in [1.82, 2.24) is 0 Å². The van der Waals surface area contributed by atoms with Crippen LogP contribution in [0.15, 0.2) is 108 Å². The van der Waals surface area contributed by atoms with Crippen molar-refractivity contribution in [3.05, 3.63) is 125 Å². The molecule has 0 aromatic heterocycles. The topological polar surface area (TPSA) is 215 Å². The highest BCUT2D eigenvalue weighted by Crippen LogP contribution is 2.66. The van der Waals surface area contributed by atoms with E-state index in [4.69, 9.17) is 66.3 Å². The highest BCUT2D eigenvalue weighted by molar-refractivity contribution is 5.91. The van der Waals surface area contributed by atoms with Crippen molar-refractivity contribution >= 4 is 42.0 Å². The number of rotatable bonds is 46. The second kappa shape index (κ2) is 41.2. The molecule has 0 bridgehead atoms. The molecule has 1 atom stereocenters. The van der Waals surface area contributed by atoms with Crippen LogP contribution in [0, 0.1) is 10.8 Å². The van der Waals surface area contributed by atoms with Gasteiger partial charge in [-0.2, -0.15) is 0 Å². The molecule has 19 heteroatoms. The zero-order valence-corrected chi connectivity index (χ0v) is 55.7. The maximum absolute atomic E-state index is 13.9. The highest BCUT2D eigenvalue weighted by atomic mass is 16.6. The molecule has 1 unspecified atom stereocenters. The average Bonchev–Trinajstić information content (AvgIpc) is 1.56. The van der Waals surface area contributed by atoms with Gasteiger partial charge in [0.1, 0.15) is 0 Å². The Balaban J connectivity index is 1.21. The predicted molar refractivity (Wildman–Crippen MR) is 351 cm³/mol. The molecule has 3 aromatic carbocycles. The summed E-state index contributed by atoms with van der Waals surface area (Å²) in [5.74, 6) is 2.74. The molecule has 0 N–H and O–H groups in total. The fourth-order valence-electron chi connectivity index (χ4n) is 10.3. The van der Waals surface area contributed by atoms with Crippen LogP contribution in [0.5, 0.6) is 40.2 Å². The number of esters is 5. The van der Waals surface area contributed by atoms with E-state index in [-0.39, 0.29) is 29.0 Å². The minimum Gasteiger partial charge on any atom is -0.493 e. The zero-order chi connectivity index (χ0) is 66.4. The summed E-state index contributed by atoms with van der Waals surface area (Å²) >= 11 is 0. The first-order valence-electron chi connectivity index (χ1n) is 32.2. The SMILES string of the molecule is CCC1(C(=O)OCCCCCCOC(=O)c2cc(OCCCCCCOc3ccc(/C=C/C(=O)OC)cc3OC)c(OCCCCCCOC3=CCC=C(/C=C/C(=O)OC)C=C3OC)c(OCCCCCCOc3ccc(/C=C/C(=O)OC)cc3OC)c2)CC1(C)C. The van der Waals surface area contributed by atoms with Gasteiger partial charge in [0.25, 0.3) is 0 Å². The summed E-state index contributed by atoms with van der Waals surface area (Å²) in [5, 5.41) is 0. The van der Waals surface area contributed by atoms with Crippen LogP contribution in [0.4, 0.5) is 0 Å². The van der Waals surface area contributed by atoms with E-state index in [9.17, 15) is 24.0 Å². The van der Waals surface area contributed by atoms with Crippen molar-refractivity contribution in [2.24, 2.45) is 10.8 Å². The van der Waals surface area contributed by atoms with Crippen molar-refractivity contribution in [2.75, 3.05) is 95.5 Å². The molecule has 5 rings (SSSR count). The van der Waals surface area contributed by atoms with Crippen LogP contribution in [-0.2, 0) is 52.3 Å². The van der Waals surface area contributed by atoms with Crippen LogP contribution < -0.4 is 33.2 Å². The van der Waals surface area contributed by atoms with Crippen molar-refractivity contribution in [3.8, 4) is 40.2 Å². The van der Waals surface area contributed by atoms with Gasteiger partial charge in [0.15, 0.2) is 46.0 Å². The van der Waals surface area contributed by atoms with Crippen molar-refractivity contribution in [2.45, 2.75) is 143 Å². The van der Waals surface area contributed by atoms with Crippen LogP contribution >= 0.6 is 0 Å². The van der Waals surface area contributed by atoms with Crippen molar-refractivity contribution in [1.29, 1.82) is 0 Å². The van der Waals surface area contributed by atoms with Gasteiger partial charge < -0.3 is 66.3 Å². The minimum atomic E-state index is -0.507. The standard InChI is InChI=1S/C73H98O19/c1-10-73(53-72(73,2)3)71(78)92-47-26-18-17-25-46-91-70(77)57-51-64(88-43-22-13-11-20-41-86-59-35-30-55(49-62(59)80-5)33-38-67(75)83-8)69(90-45-24-16-15-19-40-85-58-29-27-28-54(48-61(58)79-4)32-37-66(74)82-7)65(52-57)89-44-23-14-12-21-42-87-60-36-31-56(50-63(60)81-6)34-39-68(76)84-9/h28-39,48-52H,10-27,40-47,53H2,1-9H3/b37-32+,38-33+,39-34+. The quantitative estimate of drug-likeness (QED) is 0.0222. The number of unbranched alkanes of at least 4 members (excludes halogenated alkanes) is 12. The third-order valence-electron chi connectivity index (χ3n) is 16.0. The lowest BCUT2D eigenvalue weighted by molar-refractivity contribution is -0.152. The lowest BCUT2D eigenvalue weighted by atomic mass is 9.93. The lowest BCUT2D eigenvalue weighted by Crippen LogP contribution is -2.23. The molecule has 504 valence electrons. The smallest absolute Gasteiger partial charge is 0.338 e. The normalized spacial score (nSPS) is 14.9. The van der Waals surface area contributed by atoms with E-state index in [0.717, 1.165) is 113 Å². The molecule has 2 aliphatic rings. The second-order valence-corrected chi connectivity index (χ2v) is 22.9. The summed E-state index contributed by atoms with van der Waals surface area (Å²) in [5.41, 5.74) is 2.23. The number of carbonyl (C=O) groups is 5. The van der Waals surface area contributed by atoms with Gasteiger partial charge in [-0.3, -0.25) is 4.79 Å². The van der Waals surface area contributed by atoms with Gasteiger partial charge in [0.05, 0.1) is 106 Å². The third kappa shape index (κ3) is 25.4. The summed E-state index contributed by atoms with van der Waals surface area (Å²) in [6.07, 6.45) is 29.7. The summed E-state index contributed by atoms with van der Waals surface area (Å²) in [7, 11) is 8.71. The Morgan fingerprint density at radius 2 is 0.848 bits per heavy atom. The minimum absolute atomic E-state index is 0.0226. The molecule has 1 saturated carbocycles. The molecule has 19 nitrogen and oxygen atoms in total. The summed E-state index contributed by atoms with van der Waals surface area (Å²) in [4.78, 5) is 61.7. The molecule has 92 heavy (non-hydrogen) atoms. The largest absolute Gasteiger partial charge is 0.493 e. The zero-order valence-electron chi connectivity index (χ0n) is 55.7. The second-order valence-electron chi connectivity index (χ2n) is 22.9. The first-order chi connectivity index (χ1) is 44.6. The van der Waals surface area contributed by atoms with Crippen molar-refractivity contribution in [3.63, 3.8) is 0 Å². The lowest BCUT2D eigenvalue weighted by Gasteiger charge is -2.19. The number of benzene rings is 3. The van der Waals surface area contributed by atoms with Gasteiger partial charge in [0, 0.05) is 18.2 Å². The Labute approximate surface area is 544 Å². The van der Waals surface area contributed by atoms with E-state index in [0.29, 0.717) is 124 Å². The van der Waals surface area contributed by atoms with Crippen LogP contribution in [0.3, 0.4) is 0 Å². The fraction of sp³-hybridized carbons (Fsp3) is 0.521. The third-order valence-corrected chi connectivity index (χ3v) is 16.0. The molecule has 0 heterocycles. The average molecular weight is 1280 g/mol. The Kier molecular flexibility index (Phi) is 33.3. The van der Waals surface area contributed by atoms with Gasteiger partial charge in [-0.1, -0.05) is 39.0 Å². The van der Waals surface area contributed by atoms with E-state index in [1.807, 2.05) is 49.4 Å². The number of hydrogen-bond donors (Lipinski definition) is 0. The van der Waals surface area contributed by atoms with Gasteiger partial charge in [-0.15, -0.1) is 0 Å². The Morgan fingerprint density at radius 3 is 1.27 bits per heavy atom. The number of allylic oxidation sites excluding steroid dienone is 5. The fourth-order valence-corrected chi connectivity index (χ4v) is 10.3. The first kappa shape index (κ1) is 74.4. The summed E-state index contributed by atoms with van der Waals surface area (Å²) in [6.45, 7) is 9.33. The number of methoxy groups -OCH3 is 6. The molecule has 2 aliphatic carbocycles. The molecule has 3 aromatic rings. The molecular formula is C73H98O19. The molecule has 1 fully saturated rings. The molecule has 0 aliphatic heterocycles. The van der Waals surface area contributed by atoms with Gasteiger partial charge in [-0.05, 0) is 211 Å². The van der Waals surface area contributed by atoms with Crippen LogP contribution in [0.1, 0.15) is 164 Å². The number of carbonyl (C=O) groups excluding carboxylic acids is 5. The summed E-state index contributed by atoms with van der Waals surface area (Å²) < 4.78 is 80.4. The van der Waals surface area contributed by atoms with Gasteiger partial charge >= 0.3 is 29.8 Å².